The van der Waals surface area contributed by atoms with Crippen LogP contribution in [-0.2, 0) is 6.61 Å². The normalized spacial score (nSPS) is 10.9. The average Bonchev–Trinajstić information content (AvgIpc) is 2.48. The van der Waals surface area contributed by atoms with Crippen molar-refractivity contribution in [1.82, 2.24) is 0 Å². The van der Waals surface area contributed by atoms with E-state index >= 15 is 0 Å². The summed E-state index contributed by atoms with van der Waals surface area (Å²) in [5.74, 6) is -1.33. The second-order valence-electron chi connectivity index (χ2n) is 4.94. The molecule has 0 spiro atoms. The molecule has 0 atom stereocenters. The van der Waals surface area contributed by atoms with Gasteiger partial charge in [-0.25, -0.2) is 13.6 Å². The van der Waals surface area contributed by atoms with Crippen LogP contribution in [0.4, 0.5) is 8.78 Å². The van der Waals surface area contributed by atoms with Gasteiger partial charge >= 0.3 is 5.63 Å². The lowest BCUT2D eigenvalue weighted by molar-refractivity contribution is 0.305. The van der Waals surface area contributed by atoms with Crippen LogP contribution in [0.1, 0.15) is 11.1 Å². The molecule has 2 aromatic carbocycles. The van der Waals surface area contributed by atoms with E-state index in [0.717, 1.165) is 23.1 Å². The Labute approximate surface area is 124 Å². The van der Waals surface area contributed by atoms with E-state index in [0.29, 0.717) is 16.9 Å². The van der Waals surface area contributed by atoms with Crippen LogP contribution >= 0.6 is 0 Å². The lowest BCUT2D eigenvalue weighted by Gasteiger charge is -2.08. The van der Waals surface area contributed by atoms with Gasteiger partial charge < -0.3 is 9.15 Å². The van der Waals surface area contributed by atoms with Crippen LogP contribution in [0, 0.1) is 18.6 Å². The first kappa shape index (κ1) is 14.3. The fourth-order valence-electron chi connectivity index (χ4n) is 2.19. The van der Waals surface area contributed by atoms with Gasteiger partial charge in [0.2, 0.25) is 0 Å². The molecule has 1 heterocycles. The molecule has 112 valence electrons. The average molecular weight is 302 g/mol. The minimum absolute atomic E-state index is 0.0821. The lowest BCUT2D eigenvalue weighted by Crippen LogP contribution is -1.99. The summed E-state index contributed by atoms with van der Waals surface area (Å²) in [6, 6.07) is 10.1. The third-order valence-electron chi connectivity index (χ3n) is 3.31. The predicted octanol–water partition coefficient (Wildman–Crippen LogP) is 3.96. The van der Waals surface area contributed by atoms with Crippen molar-refractivity contribution in [2.75, 3.05) is 0 Å². The minimum Gasteiger partial charge on any atom is -0.489 e. The van der Waals surface area contributed by atoms with Gasteiger partial charge in [-0.3, -0.25) is 0 Å². The lowest BCUT2D eigenvalue weighted by atomic mass is 10.1. The van der Waals surface area contributed by atoms with E-state index in [-0.39, 0.29) is 6.61 Å². The Morgan fingerprint density at radius 3 is 2.64 bits per heavy atom. The van der Waals surface area contributed by atoms with Crippen LogP contribution in [0.2, 0.25) is 0 Å². The summed E-state index contributed by atoms with van der Waals surface area (Å²) in [6.07, 6.45) is 0. The number of halogens is 2. The van der Waals surface area contributed by atoms with E-state index in [1.165, 1.54) is 12.1 Å². The quantitative estimate of drug-likeness (QED) is 0.687. The molecule has 0 radical (unpaired) electrons. The second kappa shape index (κ2) is 5.60. The zero-order chi connectivity index (χ0) is 15.7. The highest BCUT2D eigenvalue weighted by Gasteiger charge is 2.06. The Morgan fingerprint density at radius 2 is 1.86 bits per heavy atom. The molecule has 0 bridgehead atoms. The fourth-order valence-corrected chi connectivity index (χ4v) is 2.19. The van der Waals surface area contributed by atoms with Crippen molar-refractivity contribution in [1.29, 1.82) is 0 Å². The molecular formula is C17H12F2O3. The summed E-state index contributed by atoms with van der Waals surface area (Å²) in [5, 5.41) is 0.819. The molecule has 5 heteroatoms. The van der Waals surface area contributed by atoms with Gasteiger partial charge in [0, 0.05) is 17.5 Å². The van der Waals surface area contributed by atoms with Crippen LogP contribution in [0.5, 0.6) is 5.75 Å². The fraction of sp³-hybridized carbons (Fsp3) is 0.118. The Morgan fingerprint density at radius 1 is 1.05 bits per heavy atom. The van der Waals surface area contributed by atoms with Crippen LogP contribution in [0.25, 0.3) is 11.0 Å². The molecule has 3 nitrogen and oxygen atoms in total. The van der Waals surface area contributed by atoms with Crippen LogP contribution < -0.4 is 10.4 Å². The molecular weight excluding hydrogens is 290 g/mol. The van der Waals surface area contributed by atoms with Gasteiger partial charge in [-0.2, -0.15) is 0 Å². The van der Waals surface area contributed by atoms with Gasteiger partial charge in [-0.05, 0) is 42.3 Å². The van der Waals surface area contributed by atoms with Crippen molar-refractivity contribution >= 4 is 11.0 Å². The number of aryl methyl sites for hydroxylation is 1. The summed E-state index contributed by atoms with van der Waals surface area (Å²) < 4.78 is 36.6. The maximum atomic E-state index is 13.1. The van der Waals surface area contributed by atoms with Crippen LogP contribution in [0.3, 0.4) is 0 Å². The number of hydrogen-bond donors (Lipinski definition) is 0. The van der Waals surface area contributed by atoms with Gasteiger partial charge in [0.15, 0.2) is 11.6 Å². The molecule has 0 N–H and O–H groups in total. The second-order valence-corrected chi connectivity index (χ2v) is 4.94. The number of ether oxygens (including phenoxy) is 1. The SMILES string of the molecule is Cc1cc(=O)oc2cc(OCc3ccc(F)c(F)c3)ccc12. The Balaban J connectivity index is 1.84. The molecule has 0 saturated heterocycles. The highest BCUT2D eigenvalue weighted by molar-refractivity contribution is 5.81. The van der Waals surface area contributed by atoms with Crippen molar-refractivity contribution < 1.29 is 17.9 Å². The minimum atomic E-state index is -0.916. The topological polar surface area (TPSA) is 39.4 Å². The first-order chi connectivity index (χ1) is 10.5. The number of rotatable bonds is 3. The van der Waals surface area contributed by atoms with Crippen molar-refractivity contribution in [3.8, 4) is 5.75 Å². The standard InChI is InChI=1S/C17H12F2O3/c1-10-6-17(20)22-16-8-12(3-4-13(10)16)21-9-11-2-5-14(18)15(19)7-11/h2-8H,9H2,1H3. The zero-order valence-corrected chi connectivity index (χ0v) is 11.7. The van der Waals surface area contributed by atoms with Gasteiger partial charge in [-0.1, -0.05) is 6.07 Å². The Hall–Kier alpha value is -2.69. The van der Waals surface area contributed by atoms with Gasteiger partial charge in [0.25, 0.3) is 0 Å². The van der Waals surface area contributed by atoms with E-state index in [1.807, 2.05) is 6.92 Å². The first-order valence-electron chi connectivity index (χ1n) is 6.64. The number of hydrogen-bond acceptors (Lipinski definition) is 3. The van der Waals surface area contributed by atoms with Crippen LogP contribution in [0.15, 0.2) is 51.7 Å². The summed E-state index contributed by atoms with van der Waals surface area (Å²) in [7, 11) is 0. The molecule has 0 amide bonds. The maximum absolute atomic E-state index is 13.1. The molecule has 3 aromatic rings. The first-order valence-corrected chi connectivity index (χ1v) is 6.64. The van der Waals surface area contributed by atoms with Gasteiger partial charge in [-0.15, -0.1) is 0 Å². The van der Waals surface area contributed by atoms with E-state index in [1.54, 1.807) is 18.2 Å². The third kappa shape index (κ3) is 2.83. The Kier molecular flexibility index (Phi) is 3.63. The third-order valence-corrected chi connectivity index (χ3v) is 3.31. The van der Waals surface area contributed by atoms with E-state index in [2.05, 4.69) is 0 Å². The van der Waals surface area contributed by atoms with Crippen molar-refractivity contribution in [3.63, 3.8) is 0 Å². The number of fused-ring (bicyclic) bond motifs is 1. The molecule has 0 aliphatic carbocycles. The molecule has 0 saturated carbocycles. The summed E-state index contributed by atoms with van der Waals surface area (Å²) in [6.45, 7) is 1.90. The monoisotopic (exact) mass is 302 g/mol. The Bertz CT molecular complexity index is 900. The summed E-state index contributed by atoms with van der Waals surface area (Å²) in [5.41, 5.74) is 1.32. The van der Waals surface area contributed by atoms with Crippen molar-refractivity contribution in [2.24, 2.45) is 0 Å². The molecule has 0 unspecified atom stereocenters. The van der Waals surface area contributed by atoms with Gasteiger partial charge in [0.1, 0.15) is 17.9 Å². The predicted molar refractivity (Wildman–Crippen MR) is 77.9 cm³/mol. The molecule has 0 aliphatic heterocycles. The molecule has 22 heavy (non-hydrogen) atoms. The zero-order valence-electron chi connectivity index (χ0n) is 11.7. The molecule has 0 aliphatic rings. The molecule has 0 fully saturated rings. The molecule has 1 aromatic heterocycles. The maximum Gasteiger partial charge on any atom is 0.336 e. The highest BCUT2D eigenvalue weighted by Crippen LogP contribution is 2.23. The smallest absolute Gasteiger partial charge is 0.336 e. The van der Waals surface area contributed by atoms with E-state index < -0.39 is 17.3 Å². The van der Waals surface area contributed by atoms with E-state index in [4.69, 9.17) is 9.15 Å². The summed E-state index contributed by atoms with van der Waals surface area (Å²) in [4.78, 5) is 11.4. The van der Waals surface area contributed by atoms with E-state index in [9.17, 15) is 13.6 Å². The van der Waals surface area contributed by atoms with Crippen molar-refractivity contribution in [2.45, 2.75) is 13.5 Å². The van der Waals surface area contributed by atoms with Crippen molar-refractivity contribution in [3.05, 3.63) is 75.6 Å². The summed E-state index contributed by atoms with van der Waals surface area (Å²) >= 11 is 0. The molecule has 3 rings (SSSR count). The largest absolute Gasteiger partial charge is 0.489 e. The van der Waals surface area contributed by atoms with Gasteiger partial charge in [0.05, 0.1) is 0 Å². The number of benzene rings is 2. The van der Waals surface area contributed by atoms with Crippen LogP contribution in [-0.4, -0.2) is 0 Å². The highest BCUT2D eigenvalue weighted by atomic mass is 19.2.